The smallest absolute Gasteiger partial charge is 0.262 e. The Balaban J connectivity index is 1.67. The number of hydrogen-bond acceptors (Lipinski definition) is 4. The van der Waals surface area contributed by atoms with Gasteiger partial charge in [-0.15, -0.1) is 0 Å². The number of carbonyl (C=O) groups is 1. The maximum absolute atomic E-state index is 13.2. The Morgan fingerprint density at radius 1 is 0.968 bits per heavy atom. The van der Waals surface area contributed by atoms with Gasteiger partial charge in [-0.1, -0.05) is 38.1 Å². The highest BCUT2D eigenvalue weighted by Crippen LogP contribution is 2.39. The number of benzene rings is 3. The van der Waals surface area contributed by atoms with E-state index in [0.717, 1.165) is 5.56 Å². The van der Waals surface area contributed by atoms with Gasteiger partial charge in [0.15, 0.2) is 5.75 Å². The van der Waals surface area contributed by atoms with E-state index in [0.29, 0.717) is 40.9 Å². The van der Waals surface area contributed by atoms with E-state index in [1.54, 1.807) is 35.2 Å². The fourth-order valence-electron chi connectivity index (χ4n) is 3.55. The molecule has 160 valence electrons. The van der Waals surface area contributed by atoms with E-state index in [2.05, 4.69) is 4.72 Å². The molecule has 0 saturated carbocycles. The standard InChI is InChI=1S/C24H24N2O4S/c1-4-26-21-7-5-6-8-23(21)30-22-14-11-18(15-20(22)24(26)27)25-31(28,29)19-12-9-17(10-13-19)16(2)3/h5-16,25H,4H2,1-3H3. The van der Waals surface area contributed by atoms with Gasteiger partial charge < -0.3 is 9.64 Å². The van der Waals surface area contributed by atoms with Gasteiger partial charge in [-0.25, -0.2) is 8.42 Å². The molecule has 1 amide bonds. The molecular weight excluding hydrogens is 412 g/mol. The SMILES string of the molecule is CCN1C(=O)c2cc(NS(=O)(=O)c3ccc(C(C)C)cc3)ccc2Oc2ccccc21. The van der Waals surface area contributed by atoms with Gasteiger partial charge in [0.25, 0.3) is 15.9 Å². The fourth-order valence-corrected chi connectivity index (χ4v) is 4.60. The first kappa shape index (κ1) is 20.9. The predicted octanol–water partition coefficient (Wildman–Crippen LogP) is 5.38. The lowest BCUT2D eigenvalue weighted by atomic mass is 10.0. The van der Waals surface area contributed by atoms with Crippen LogP contribution in [0, 0.1) is 0 Å². The number of carbonyl (C=O) groups excluding carboxylic acids is 1. The molecule has 0 atom stereocenters. The second-order valence-electron chi connectivity index (χ2n) is 7.66. The zero-order chi connectivity index (χ0) is 22.2. The molecule has 3 aromatic carbocycles. The van der Waals surface area contributed by atoms with Crippen LogP contribution in [-0.4, -0.2) is 20.9 Å². The average molecular weight is 437 g/mol. The minimum absolute atomic E-state index is 0.164. The molecule has 1 heterocycles. The molecular formula is C24H24N2O4S. The quantitative estimate of drug-likeness (QED) is 0.582. The van der Waals surface area contributed by atoms with Gasteiger partial charge in [0.05, 0.1) is 16.1 Å². The van der Waals surface area contributed by atoms with Crippen LogP contribution < -0.4 is 14.4 Å². The number of rotatable bonds is 5. The average Bonchev–Trinajstić information content (AvgIpc) is 2.87. The molecule has 0 aromatic heterocycles. The number of fused-ring (bicyclic) bond motifs is 2. The minimum Gasteiger partial charge on any atom is -0.454 e. The van der Waals surface area contributed by atoms with E-state index >= 15 is 0 Å². The molecule has 3 aromatic rings. The number of amides is 1. The largest absolute Gasteiger partial charge is 0.454 e. The molecule has 1 N–H and O–H groups in total. The summed E-state index contributed by atoms with van der Waals surface area (Å²) in [5.41, 5.74) is 2.34. The maximum Gasteiger partial charge on any atom is 0.262 e. The highest BCUT2D eigenvalue weighted by atomic mass is 32.2. The monoisotopic (exact) mass is 436 g/mol. The van der Waals surface area contributed by atoms with Gasteiger partial charge in [0.2, 0.25) is 0 Å². The summed E-state index contributed by atoms with van der Waals surface area (Å²) in [4.78, 5) is 15.0. The van der Waals surface area contributed by atoms with Crippen molar-refractivity contribution in [1.82, 2.24) is 0 Å². The van der Waals surface area contributed by atoms with Crippen LogP contribution in [0.25, 0.3) is 0 Å². The summed E-state index contributed by atoms with van der Waals surface area (Å²) < 4.78 is 34.3. The number of hydrogen-bond donors (Lipinski definition) is 1. The van der Waals surface area contributed by atoms with Crippen LogP contribution in [0.15, 0.2) is 71.6 Å². The summed E-state index contributed by atoms with van der Waals surface area (Å²) in [6, 6.07) is 18.8. The van der Waals surface area contributed by atoms with E-state index in [1.807, 2.05) is 51.1 Å². The second kappa shape index (κ2) is 8.07. The van der Waals surface area contributed by atoms with Crippen molar-refractivity contribution in [2.24, 2.45) is 0 Å². The summed E-state index contributed by atoms with van der Waals surface area (Å²) in [7, 11) is -3.80. The number of sulfonamides is 1. The molecule has 0 radical (unpaired) electrons. The number of ether oxygens (including phenoxy) is 1. The van der Waals surface area contributed by atoms with Crippen LogP contribution in [0.4, 0.5) is 11.4 Å². The van der Waals surface area contributed by atoms with Crippen LogP contribution in [0.5, 0.6) is 11.5 Å². The zero-order valence-electron chi connectivity index (χ0n) is 17.6. The van der Waals surface area contributed by atoms with Crippen LogP contribution in [0.1, 0.15) is 42.6 Å². The Morgan fingerprint density at radius 2 is 1.68 bits per heavy atom. The first-order valence-electron chi connectivity index (χ1n) is 10.2. The number of anilines is 2. The van der Waals surface area contributed by atoms with Gasteiger partial charge in [-0.2, -0.15) is 0 Å². The molecule has 0 bridgehead atoms. The molecule has 6 nitrogen and oxygen atoms in total. The van der Waals surface area contributed by atoms with Crippen LogP contribution in [0.3, 0.4) is 0 Å². The fraction of sp³-hybridized carbons (Fsp3) is 0.208. The molecule has 0 unspecified atom stereocenters. The van der Waals surface area contributed by atoms with E-state index in [4.69, 9.17) is 4.74 Å². The Labute approximate surface area is 182 Å². The molecule has 0 fully saturated rings. The summed E-state index contributed by atoms with van der Waals surface area (Å²) in [5.74, 6) is 1.03. The summed E-state index contributed by atoms with van der Waals surface area (Å²) in [5, 5.41) is 0. The van der Waals surface area contributed by atoms with Crippen molar-refractivity contribution >= 4 is 27.3 Å². The third-order valence-corrected chi connectivity index (χ3v) is 6.65. The van der Waals surface area contributed by atoms with E-state index < -0.39 is 10.0 Å². The number of nitrogens with one attached hydrogen (secondary N) is 1. The third kappa shape index (κ3) is 4.01. The highest BCUT2D eigenvalue weighted by Gasteiger charge is 2.28. The van der Waals surface area contributed by atoms with Crippen molar-refractivity contribution in [3.63, 3.8) is 0 Å². The van der Waals surface area contributed by atoms with E-state index in [1.165, 1.54) is 6.07 Å². The Bertz CT molecular complexity index is 1230. The van der Waals surface area contributed by atoms with Crippen LogP contribution >= 0.6 is 0 Å². The van der Waals surface area contributed by atoms with Crippen molar-refractivity contribution < 1.29 is 17.9 Å². The van der Waals surface area contributed by atoms with Gasteiger partial charge in [0, 0.05) is 12.2 Å². The topological polar surface area (TPSA) is 75.7 Å². The van der Waals surface area contributed by atoms with Gasteiger partial charge in [-0.3, -0.25) is 9.52 Å². The first-order valence-corrected chi connectivity index (χ1v) is 11.6. The normalized spacial score (nSPS) is 13.3. The van der Waals surface area contributed by atoms with Gasteiger partial charge in [0.1, 0.15) is 5.75 Å². The maximum atomic E-state index is 13.2. The van der Waals surface area contributed by atoms with E-state index in [-0.39, 0.29) is 10.8 Å². The Morgan fingerprint density at radius 3 is 2.35 bits per heavy atom. The van der Waals surface area contributed by atoms with Crippen molar-refractivity contribution in [3.8, 4) is 11.5 Å². The zero-order valence-corrected chi connectivity index (χ0v) is 18.4. The number of para-hydroxylation sites is 2. The predicted molar refractivity (Wildman–Crippen MR) is 122 cm³/mol. The second-order valence-corrected chi connectivity index (χ2v) is 9.34. The molecule has 7 heteroatoms. The molecule has 0 saturated heterocycles. The summed E-state index contributed by atoms with van der Waals surface area (Å²) in [6.45, 7) is 6.44. The van der Waals surface area contributed by atoms with Crippen LogP contribution in [0.2, 0.25) is 0 Å². The van der Waals surface area contributed by atoms with Crippen molar-refractivity contribution in [3.05, 3.63) is 77.9 Å². The molecule has 0 aliphatic carbocycles. The Hall–Kier alpha value is -3.32. The summed E-state index contributed by atoms with van der Waals surface area (Å²) in [6.07, 6.45) is 0. The van der Waals surface area contributed by atoms with Crippen molar-refractivity contribution in [2.45, 2.75) is 31.6 Å². The lowest BCUT2D eigenvalue weighted by Crippen LogP contribution is -2.29. The van der Waals surface area contributed by atoms with Crippen molar-refractivity contribution in [1.29, 1.82) is 0 Å². The molecule has 1 aliphatic rings. The highest BCUT2D eigenvalue weighted by molar-refractivity contribution is 7.92. The molecule has 31 heavy (non-hydrogen) atoms. The van der Waals surface area contributed by atoms with Crippen LogP contribution in [-0.2, 0) is 10.0 Å². The third-order valence-electron chi connectivity index (χ3n) is 5.26. The molecule has 0 spiro atoms. The van der Waals surface area contributed by atoms with E-state index in [9.17, 15) is 13.2 Å². The number of nitrogens with zero attached hydrogens (tertiary/aromatic N) is 1. The molecule has 4 rings (SSSR count). The summed E-state index contributed by atoms with van der Waals surface area (Å²) >= 11 is 0. The molecule has 1 aliphatic heterocycles. The Kier molecular flexibility index (Phi) is 5.45. The first-order chi connectivity index (χ1) is 14.8. The lowest BCUT2D eigenvalue weighted by molar-refractivity contribution is 0.0988. The van der Waals surface area contributed by atoms with Gasteiger partial charge in [-0.05, 0) is 60.9 Å². The van der Waals surface area contributed by atoms with Crippen molar-refractivity contribution in [2.75, 3.05) is 16.2 Å². The minimum atomic E-state index is -3.80. The lowest BCUT2D eigenvalue weighted by Gasteiger charge is -2.20. The van der Waals surface area contributed by atoms with Gasteiger partial charge >= 0.3 is 0 Å².